The number of carbonyl (C=O) groups excluding carboxylic acids is 2. The molecule has 0 aliphatic carbocycles. The zero-order valence-electron chi connectivity index (χ0n) is 27.0. The minimum atomic E-state index is -0.269. The fraction of sp³-hybridized carbons (Fsp3) is 0.939. The molecule has 1 unspecified atom stereocenters. The summed E-state index contributed by atoms with van der Waals surface area (Å²) in [6.07, 6.45) is 26.3. The number of urea groups is 1. The topological polar surface area (TPSA) is 65.1 Å². The second-order valence-corrected chi connectivity index (χ2v) is 12.4. The zero-order valence-corrected chi connectivity index (χ0v) is 27.0. The Labute approximate surface area is 248 Å². The first-order valence-corrected chi connectivity index (χ1v) is 17.0. The lowest BCUT2D eigenvalue weighted by molar-refractivity contribution is 0.0906. The van der Waals surface area contributed by atoms with Crippen molar-refractivity contribution in [2.45, 2.75) is 148 Å². The summed E-state index contributed by atoms with van der Waals surface area (Å²) in [4.78, 5) is 30.8. The molecular formula is C33H66N4O3. The number of hydrogen-bond acceptors (Lipinski definition) is 4. The quantitative estimate of drug-likeness (QED) is 0.120. The Kier molecular flexibility index (Phi) is 23.0. The number of nitrogens with one attached hydrogen (secondary N) is 1. The Bertz CT molecular complexity index is 617. The summed E-state index contributed by atoms with van der Waals surface area (Å²) in [6.45, 7) is 5.84. The van der Waals surface area contributed by atoms with E-state index in [-0.39, 0.29) is 18.2 Å². The second-order valence-electron chi connectivity index (χ2n) is 12.4. The van der Waals surface area contributed by atoms with Crippen LogP contribution in [-0.2, 0) is 4.74 Å². The predicted octanol–water partition coefficient (Wildman–Crippen LogP) is 8.22. The fourth-order valence-electron chi connectivity index (χ4n) is 5.65. The number of rotatable bonds is 24. The lowest BCUT2D eigenvalue weighted by Gasteiger charge is -2.35. The molecule has 0 bridgehead atoms. The van der Waals surface area contributed by atoms with Crippen molar-refractivity contribution in [2.24, 2.45) is 0 Å². The van der Waals surface area contributed by atoms with Gasteiger partial charge in [-0.3, -0.25) is 0 Å². The minimum Gasteiger partial charge on any atom is -0.449 e. The Morgan fingerprint density at radius 3 is 1.85 bits per heavy atom. The van der Waals surface area contributed by atoms with Gasteiger partial charge in [-0.1, -0.05) is 103 Å². The number of carbonyl (C=O) groups is 2. The van der Waals surface area contributed by atoms with Crippen LogP contribution in [-0.4, -0.2) is 86.8 Å². The summed E-state index contributed by atoms with van der Waals surface area (Å²) < 4.78 is 5.50. The second kappa shape index (κ2) is 25.2. The molecule has 7 heteroatoms. The summed E-state index contributed by atoms with van der Waals surface area (Å²) >= 11 is 0. The smallest absolute Gasteiger partial charge is 0.409 e. The average molecular weight is 567 g/mol. The van der Waals surface area contributed by atoms with Crippen LogP contribution in [0.25, 0.3) is 0 Å². The first kappa shape index (κ1) is 36.5. The standard InChI is InChI=1S/C33H66N4O3/c1-5-6-7-8-9-10-11-12-13-14-15-16-17-18-19-21-26-34-32(38)37-29-22-20-24-31(37)25-30-40-33(39)36(4)28-23-27-35(2)3/h31H,5-30H2,1-4H3,(H,34,38). The fourth-order valence-corrected chi connectivity index (χ4v) is 5.65. The van der Waals surface area contributed by atoms with Gasteiger partial charge in [0.15, 0.2) is 0 Å². The van der Waals surface area contributed by atoms with Crippen LogP contribution in [0.4, 0.5) is 9.59 Å². The Morgan fingerprint density at radius 2 is 1.30 bits per heavy atom. The molecule has 236 valence electrons. The van der Waals surface area contributed by atoms with Gasteiger partial charge in [0.1, 0.15) is 0 Å². The van der Waals surface area contributed by atoms with Gasteiger partial charge in [-0.2, -0.15) is 0 Å². The van der Waals surface area contributed by atoms with Gasteiger partial charge in [0.05, 0.1) is 6.61 Å². The average Bonchev–Trinajstić information content (AvgIpc) is 2.94. The highest BCUT2D eigenvalue weighted by Crippen LogP contribution is 2.20. The number of unbranched alkanes of at least 4 members (excludes halogenated alkanes) is 15. The van der Waals surface area contributed by atoms with Gasteiger partial charge in [-0.15, -0.1) is 0 Å². The highest BCUT2D eigenvalue weighted by molar-refractivity contribution is 5.74. The molecule has 1 N–H and O–H groups in total. The van der Waals surface area contributed by atoms with Crippen LogP contribution >= 0.6 is 0 Å². The van der Waals surface area contributed by atoms with E-state index in [1.165, 1.54) is 96.3 Å². The highest BCUT2D eigenvalue weighted by atomic mass is 16.6. The molecule has 1 saturated heterocycles. The van der Waals surface area contributed by atoms with Gasteiger partial charge >= 0.3 is 12.1 Å². The molecule has 0 aromatic rings. The lowest BCUT2D eigenvalue weighted by Crippen LogP contribution is -2.49. The number of nitrogens with zero attached hydrogens (tertiary/aromatic N) is 3. The molecule has 40 heavy (non-hydrogen) atoms. The van der Waals surface area contributed by atoms with Gasteiger partial charge in [0.25, 0.3) is 0 Å². The SMILES string of the molecule is CCCCCCCCCCCCCCCCCCNC(=O)N1CCCCC1CCOC(=O)N(C)CCCN(C)C. The van der Waals surface area contributed by atoms with E-state index in [0.29, 0.717) is 19.6 Å². The summed E-state index contributed by atoms with van der Waals surface area (Å²) in [5.74, 6) is 0. The summed E-state index contributed by atoms with van der Waals surface area (Å²) in [6, 6.07) is 0.212. The maximum atomic E-state index is 12.8. The molecule has 0 spiro atoms. The van der Waals surface area contributed by atoms with Crippen molar-refractivity contribution < 1.29 is 14.3 Å². The van der Waals surface area contributed by atoms with Gasteiger partial charge in [-0.25, -0.2) is 9.59 Å². The third-order valence-electron chi connectivity index (χ3n) is 8.28. The highest BCUT2D eigenvalue weighted by Gasteiger charge is 2.26. The summed E-state index contributed by atoms with van der Waals surface area (Å²) in [7, 11) is 5.86. The number of amides is 3. The molecule has 1 aliphatic rings. The van der Waals surface area contributed by atoms with Crippen LogP contribution in [0.2, 0.25) is 0 Å². The van der Waals surface area contributed by atoms with Gasteiger partial charge in [0.2, 0.25) is 0 Å². The van der Waals surface area contributed by atoms with Crippen molar-refractivity contribution in [1.29, 1.82) is 0 Å². The maximum Gasteiger partial charge on any atom is 0.409 e. The predicted molar refractivity (Wildman–Crippen MR) is 169 cm³/mol. The normalized spacial score (nSPS) is 15.4. The van der Waals surface area contributed by atoms with Crippen LogP contribution in [0.5, 0.6) is 0 Å². The minimum absolute atomic E-state index is 0.0535. The molecule has 1 aliphatic heterocycles. The number of likely N-dealkylation sites (tertiary alicyclic amines) is 1. The Morgan fingerprint density at radius 1 is 0.750 bits per heavy atom. The Balaban J connectivity index is 2.02. The van der Waals surface area contributed by atoms with Crippen molar-refractivity contribution in [3.63, 3.8) is 0 Å². The first-order chi connectivity index (χ1) is 19.5. The van der Waals surface area contributed by atoms with Crippen LogP contribution in [0.15, 0.2) is 0 Å². The van der Waals surface area contributed by atoms with E-state index in [0.717, 1.165) is 51.7 Å². The molecule has 1 heterocycles. The van der Waals surface area contributed by atoms with Gasteiger partial charge < -0.3 is 24.8 Å². The van der Waals surface area contributed by atoms with E-state index in [1.807, 2.05) is 19.0 Å². The molecule has 1 rings (SSSR count). The summed E-state index contributed by atoms with van der Waals surface area (Å²) in [5, 5.41) is 3.15. The van der Waals surface area contributed by atoms with E-state index >= 15 is 0 Å². The Hall–Kier alpha value is -1.50. The van der Waals surface area contributed by atoms with Crippen molar-refractivity contribution in [1.82, 2.24) is 20.0 Å². The molecule has 0 aromatic carbocycles. The van der Waals surface area contributed by atoms with E-state index in [2.05, 4.69) is 17.1 Å². The summed E-state index contributed by atoms with van der Waals surface area (Å²) in [5.41, 5.74) is 0. The molecule has 0 saturated carbocycles. The zero-order chi connectivity index (χ0) is 29.3. The van der Waals surface area contributed by atoms with Crippen molar-refractivity contribution >= 4 is 12.1 Å². The van der Waals surface area contributed by atoms with E-state index in [1.54, 1.807) is 11.9 Å². The van der Waals surface area contributed by atoms with E-state index < -0.39 is 0 Å². The lowest BCUT2D eigenvalue weighted by atomic mass is 10.00. The van der Waals surface area contributed by atoms with Crippen LogP contribution in [0, 0.1) is 0 Å². The first-order valence-electron chi connectivity index (χ1n) is 17.0. The van der Waals surface area contributed by atoms with Crippen molar-refractivity contribution in [2.75, 3.05) is 53.9 Å². The number of ether oxygens (including phenoxy) is 1. The molecule has 7 nitrogen and oxygen atoms in total. The van der Waals surface area contributed by atoms with Crippen molar-refractivity contribution in [3.05, 3.63) is 0 Å². The van der Waals surface area contributed by atoms with Crippen LogP contribution < -0.4 is 5.32 Å². The van der Waals surface area contributed by atoms with E-state index in [4.69, 9.17) is 4.74 Å². The van der Waals surface area contributed by atoms with Crippen molar-refractivity contribution in [3.8, 4) is 0 Å². The van der Waals surface area contributed by atoms with E-state index in [9.17, 15) is 9.59 Å². The van der Waals surface area contributed by atoms with Gasteiger partial charge in [0, 0.05) is 39.1 Å². The van der Waals surface area contributed by atoms with Crippen LogP contribution in [0.3, 0.4) is 0 Å². The monoisotopic (exact) mass is 567 g/mol. The third-order valence-corrected chi connectivity index (χ3v) is 8.28. The molecule has 0 aromatic heterocycles. The largest absolute Gasteiger partial charge is 0.449 e. The molecule has 1 fully saturated rings. The van der Waals surface area contributed by atoms with Crippen LogP contribution in [0.1, 0.15) is 142 Å². The molecular weight excluding hydrogens is 500 g/mol. The molecule has 0 radical (unpaired) electrons. The van der Waals surface area contributed by atoms with Gasteiger partial charge in [-0.05, 0) is 52.7 Å². The third kappa shape index (κ3) is 19.6. The molecule has 3 amide bonds. The number of piperidine rings is 1. The molecule has 1 atom stereocenters. The number of hydrogen-bond donors (Lipinski definition) is 1. The maximum absolute atomic E-state index is 12.8.